The van der Waals surface area contributed by atoms with Crippen molar-refractivity contribution in [2.24, 2.45) is 0 Å². The van der Waals surface area contributed by atoms with Crippen molar-refractivity contribution in [2.75, 3.05) is 68.1 Å². The van der Waals surface area contributed by atoms with Crippen LogP contribution in [0.4, 0.5) is 81.7 Å². The van der Waals surface area contributed by atoms with Gasteiger partial charge in [-0.2, -0.15) is 41.9 Å². The van der Waals surface area contributed by atoms with Gasteiger partial charge < -0.3 is 80.8 Å². The van der Waals surface area contributed by atoms with Gasteiger partial charge in [0.1, 0.15) is 102 Å². The highest BCUT2D eigenvalue weighted by Gasteiger charge is 2.22. The number of nitrogen functional groups attached to an aromatic ring is 6. The van der Waals surface area contributed by atoms with E-state index < -0.39 is 11.6 Å². The highest BCUT2D eigenvalue weighted by molar-refractivity contribution is 7.12. The third-order valence-corrected chi connectivity index (χ3v) is 23.6. The Morgan fingerprint density at radius 3 is 1.14 bits per heavy atom. The molecule has 7 aromatic carbocycles. The van der Waals surface area contributed by atoms with E-state index >= 15 is 0 Å². The quantitative estimate of drug-likeness (QED) is 0.0379. The van der Waals surface area contributed by atoms with Crippen LogP contribution in [0.25, 0.3) is 100 Å². The van der Waals surface area contributed by atoms with Crippen molar-refractivity contribution < 1.29 is 41.9 Å². The average molecular weight is 1980 g/mol. The molecule has 0 bridgehead atoms. The molecule has 1 fully saturated rings. The lowest BCUT2D eigenvalue weighted by Crippen LogP contribution is -2.36. The summed E-state index contributed by atoms with van der Waals surface area (Å²) in [5, 5.41) is 55.1. The molecule has 0 aliphatic heterocycles. The molecule has 15 heterocycles. The zero-order valence-corrected chi connectivity index (χ0v) is 78.0. The standard InChI is InChI=1S/C19H17N7O2.C18H16N6O2.C17H19N7O.2C16H12N6OS.C11H7F2N5/c1-28-15-7-3-5-13(9-15)25-19(27)24-12-4-2-6-14(8-12)26-18-16(10-23-26)17(20)21-11-22-18;1-11-2-7-14(26-11)8-20-18(25)12-3-5-13(6-4-12)24-17-15(9-23-24)16(19)21-10-22-17;18-15-14-9-21-24(16(14)20-10-19-15)13-7-3-6-12(8-13)23-17(25)22-11-4-1-2-5-11;17-14-12-8-20-22(15(12)19-9-18-14)11-4-1-3-10(7-11)21-16(23)13-5-2-6-24-13;17-14-13-7-20-22(15(13)19-9-18-14)12-3-1-2-11(6-12)21-16(23)10-4-5-24-8-10;12-6-1-7(13)3-8(2-6)18-11-9(4-17-18)10(14)15-5-16-11/h2-11H,1H3,(H2,20,21,22)(H2,24,25,27);2-7,9-10H,8H2,1H3,(H,20,25)(H2,19,21,22);3,6-11H,1-2,4-5H2,(H2,18,19,20)(H2,22,23,25);2*1-9H,(H,21,23)(H2,17,18,19);1-5H,(H2,14,15,16). The number of amides is 7. The number of fused-ring (bicyclic) bond motifs is 6. The van der Waals surface area contributed by atoms with Crippen LogP contribution in [0.3, 0.4) is 0 Å². The molecule has 15 aromatic heterocycles. The number of anilines is 11. The van der Waals surface area contributed by atoms with Crippen molar-refractivity contribution in [1.29, 1.82) is 0 Å². The molecule has 19 N–H and O–H groups in total. The normalized spacial score (nSPS) is 11.5. The van der Waals surface area contributed by atoms with Gasteiger partial charge in [0.05, 0.1) is 128 Å². The molecular weight excluding hydrogens is 1900 g/mol. The summed E-state index contributed by atoms with van der Waals surface area (Å²) in [5.41, 5.74) is 46.8. The number of nitrogens with zero attached hydrogens (tertiary/aromatic N) is 24. The molecule has 0 radical (unpaired) electrons. The lowest BCUT2D eigenvalue weighted by atomic mass is 10.2. The molecule has 1 aliphatic carbocycles. The first-order valence-corrected chi connectivity index (χ1v) is 45.8. The fraction of sp³-hybridized carbons (Fsp3) is 0.0825. The number of aryl methyl sites for hydroxylation is 1. The minimum Gasteiger partial charge on any atom is -0.497 e. The number of hydrogen-bond donors (Lipinski definition) is 13. The number of nitrogens with two attached hydrogens (primary N) is 6. The third kappa shape index (κ3) is 22.4. The van der Waals surface area contributed by atoms with Gasteiger partial charge in [-0.3, -0.25) is 14.4 Å². The molecule has 724 valence electrons. The molecule has 48 heteroatoms. The maximum Gasteiger partial charge on any atom is 0.323 e. The van der Waals surface area contributed by atoms with Crippen molar-refractivity contribution in [1.82, 2.24) is 129 Å². The van der Waals surface area contributed by atoms with Crippen molar-refractivity contribution in [2.45, 2.75) is 45.2 Å². The van der Waals surface area contributed by atoms with E-state index in [4.69, 9.17) is 43.6 Å². The van der Waals surface area contributed by atoms with E-state index in [1.54, 1.807) is 140 Å². The molecule has 0 spiro atoms. The lowest BCUT2D eigenvalue weighted by molar-refractivity contribution is 0.0946. The second-order valence-corrected chi connectivity index (χ2v) is 33.4. The fourth-order valence-corrected chi connectivity index (χ4v) is 16.3. The van der Waals surface area contributed by atoms with Gasteiger partial charge in [-0.15, -0.1) is 11.3 Å². The summed E-state index contributed by atoms with van der Waals surface area (Å²) in [7, 11) is 1.57. The highest BCUT2D eigenvalue weighted by atomic mass is 32.1. The minimum atomic E-state index is -0.685. The van der Waals surface area contributed by atoms with E-state index in [1.165, 1.54) is 84.4 Å². The number of methoxy groups -OCH3 is 1. The van der Waals surface area contributed by atoms with Crippen molar-refractivity contribution in [3.05, 3.63) is 325 Å². The molecule has 0 unspecified atom stereocenters. The van der Waals surface area contributed by atoms with Crippen LogP contribution in [0.1, 0.15) is 67.6 Å². The minimum absolute atomic E-state index is 0.140. The summed E-state index contributed by atoms with van der Waals surface area (Å²) in [4.78, 5) is 111. The van der Waals surface area contributed by atoms with Crippen molar-refractivity contribution in [3.8, 4) is 39.9 Å². The van der Waals surface area contributed by atoms with Crippen molar-refractivity contribution in [3.63, 3.8) is 0 Å². The second kappa shape index (κ2) is 43.3. The lowest BCUT2D eigenvalue weighted by Gasteiger charge is -2.13. The van der Waals surface area contributed by atoms with Gasteiger partial charge in [0.2, 0.25) is 0 Å². The zero-order chi connectivity index (χ0) is 101. The van der Waals surface area contributed by atoms with E-state index in [1.807, 2.05) is 121 Å². The van der Waals surface area contributed by atoms with Gasteiger partial charge in [0.15, 0.2) is 33.9 Å². The summed E-state index contributed by atoms with van der Waals surface area (Å²) >= 11 is 2.88. The Morgan fingerprint density at radius 2 is 0.759 bits per heavy atom. The van der Waals surface area contributed by atoms with Crippen LogP contribution in [-0.4, -0.2) is 161 Å². The number of rotatable bonds is 18. The summed E-state index contributed by atoms with van der Waals surface area (Å²) in [6.45, 7) is 2.20. The summed E-state index contributed by atoms with van der Waals surface area (Å²) in [5.74, 6) is 2.52. The van der Waals surface area contributed by atoms with Crippen LogP contribution in [0, 0.1) is 18.6 Å². The largest absolute Gasteiger partial charge is 0.497 e. The number of aromatic nitrogens is 24. The molecule has 0 saturated heterocycles. The first-order valence-electron chi connectivity index (χ1n) is 44.0. The molecule has 145 heavy (non-hydrogen) atoms. The van der Waals surface area contributed by atoms with Crippen LogP contribution in [0.15, 0.2) is 290 Å². The first-order chi connectivity index (χ1) is 70.5. The van der Waals surface area contributed by atoms with Crippen LogP contribution >= 0.6 is 22.7 Å². The maximum atomic E-state index is 13.2. The molecule has 23 rings (SSSR count). The predicted octanol–water partition coefficient (Wildman–Crippen LogP) is 14.8. The molecule has 7 amide bonds. The fourth-order valence-electron chi connectivity index (χ4n) is 15.0. The number of nitrogens with one attached hydrogen (secondary N) is 7. The van der Waals surface area contributed by atoms with E-state index in [-0.39, 0.29) is 47.3 Å². The topological polar surface area (TPSA) is 610 Å². The number of carbonyl (C=O) groups excluding carboxylic acids is 5. The number of benzene rings is 7. The number of furan rings is 1. The van der Waals surface area contributed by atoms with Crippen LogP contribution in [0.2, 0.25) is 0 Å². The summed E-state index contributed by atoms with van der Waals surface area (Å²) in [6, 6.07) is 55.6. The van der Waals surface area contributed by atoms with Gasteiger partial charge >= 0.3 is 12.1 Å². The number of ether oxygens (including phenoxy) is 1. The maximum absolute atomic E-state index is 13.2. The van der Waals surface area contributed by atoms with Crippen LogP contribution in [0.5, 0.6) is 5.75 Å². The smallest absolute Gasteiger partial charge is 0.323 e. The van der Waals surface area contributed by atoms with E-state index in [0.29, 0.717) is 158 Å². The van der Waals surface area contributed by atoms with E-state index in [9.17, 15) is 32.8 Å². The molecular formula is C97H83F2N37O7S2. The number of hydrogen-bond acceptors (Lipinski definition) is 33. The SMILES string of the molecule is COc1cccc(NC(=O)Nc2cccc(-n3ncc4c(N)ncnc43)c2)c1.Cc1ccc(CNC(=O)c2ccc(-n3ncc4c(N)ncnc43)cc2)o1.Nc1ncnc2c1cnn2-c1cc(F)cc(F)c1.Nc1ncnc2c1cnn2-c1cccc(NC(=O)NC2CCCC2)c1.Nc1ncnc2c1cnn2-c1cccc(NC(=O)c2cccs2)c1.Nc1ncnc2c1cnn2-c1cccc(NC(=O)c2ccsc2)c1. The van der Waals surface area contributed by atoms with E-state index in [0.717, 1.165) is 65.2 Å². The Balaban J connectivity index is 0.000000115. The first kappa shape index (κ1) is 95.3. The van der Waals surface area contributed by atoms with Gasteiger partial charge in [-0.05, 0) is 176 Å². The molecule has 1 saturated carbocycles. The number of thiophene rings is 2. The van der Waals surface area contributed by atoms with Gasteiger partial charge in [0.25, 0.3) is 17.7 Å². The van der Waals surface area contributed by atoms with Crippen molar-refractivity contribution >= 4 is 182 Å². The second-order valence-electron chi connectivity index (χ2n) is 31.7. The van der Waals surface area contributed by atoms with Crippen LogP contribution in [-0.2, 0) is 6.54 Å². The molecule has 1 aliphatic rings. The molecule has 44 nitrogen and oxygen atoms in total. The van der Waals surface area contributed by atoms with E-state index in [2.05, 4.69) is 128 Å². The zero-order valence-electron chi connectivity index (χ0n) is 76.4. The Kier molecular flexibility index (Phi) is 28.5. The van der Waals surface area contributed by atoms with Gasteiger partial charge in [-0.1, -0.05) is 49.2 Å². The highest BCUT2D eigenvalue weighted by Crippen LogP contribution is 2.31. The summed E-state index contributed by atoms with van der Waals surface area (Å²) in [6.07, 6.45) is 22.3. The Morgan fingerprint density at radius 1 is 0.379 bits per heavy atom. The molecule has 22 aromatic rings. The Labute approximate surface area is 826 Å². The van der Waals surface area contributed by atoms with Gasteiger partial charge in [0, 0.05) is 57.6 Å². The monoisotopic (exact) mass is 1980 g/mol. The Bertz CT molecular complexity index is 8270. The number of urea groups is 2. The van der Waals surface area contributed by atoms with Gasteiger partial charge in [-0.25, -0.2) is 106 Å². The Hall–Kier alpha value is -20.1. The number of carbonyl (C=O) groups is 5. The summed E-state index contributed by atoms with van der Waals surface area (Å²) < 4.78 is 46.5. The predicted molar refractivity (Wildman–Crippen MR) is 546 cm³/mol. The number of halogens is 2. The third-order valence-electron chi connectivity index (χ3n) is 22.0. The molecule has 0 atom stereocenters. The average Bonchev–Trinajstić information content (AvgIpc) is 1.68. The van der Waals surface area contributed by atoms with Crippen LogP contribution < -0.4 is 76.4 Å².